The number of methoxy groups -OCH3 is 1. The number of esters is 1. The molecule has 0 spiro atoms. The van der Waals surface area contributed by atoms with Crippen molar-refractivity contribution in [3.8, 4) is 11.1 Å². The molecule has 0 saturated carbocycles. The summed E-state index contributed by atoms with van der Waals surface area (Å²) in [6.07, 6.45) is 0.766. The highest BCUT2D eigenvalue weighted by atomic mass is 16.5. The number of aromatic nitrogens is 1. The molecular formula is C27H28N2O4. The molecule has 6 heteroatoms. The van der Waals surface area contributed by atoms with Crippen LogP contribution in [0.15, 0.2) is 77.6 Å². The molecule has 4 atom stereocenters. The number of rotatable bonds is 6. The molecule has 3 aromatic rings. The maximum atomic E-state index is 13.4. The van der Waals surface area contributed by atoms with Gasteiger partial charge in [0.2, 0.25) is 0 Å². The van der Waals surface area contributed by atoms with E-state index in [2.05, 4.69) is 17.0 Å². The molecule has 0 amide bonds. The van der Waals surface area contributed by atoms with Gasteiger partial charge in [0, 0.05) is 42.8 Å². The van der Waals surface area contributed by atoms with Gasteiger partial charge in [-0.25, -0.2) is 0 Å². The van der Waals surface area contributed by atoms with Crippen LogP contribution in [0.2, 0.25) is 0 Å². The van der Waals surface area contributed by atoms with Crippen molar-refractivity contribution >= 4 is 5.97 Å². The topological polar surface area (TPSA) is 71.8 Å². The van der Waals surface area contributed by atoms with Crippen molar-refractivity contribution in [2.24, 2.45) is 11.8 Å². The molecule has 1 fully saturated rings. The molecule has 0 unspecified atom stereocenters. The second kappa shape index (κ2) is 8.96. The molecular weight excluding hydrogens is 416 g/mol. The van der Waals surface area contributed by atoms with Crippen LogP contribution in [0.1, 0.15) is 17.3 Å². The lowest BCUT2D eigenvalue weighted by atomic mass is 9.88. The number of nitrogens with zero attached hydrogens (tertiary/aromatic N) is 2. The van der Waals surface area contributed by atoms with E-state index in [9.17, 15) is 14.7 Å². The van der Waals surface area contributed by atoms with Crippen molar-refractivity contribution in [2.75, 3.05) is 20.3 Å². The maximum Gasteiger partial charge on any atom is 0.323 e. The predicted molar refractivity (Wildman–Crippen MR) is 126 cm³/mol. The second-order valence-electron chi connectivity index (χ2n) is 8.85. The quantitative estimate of drug-likeness (QED) is 0.592. The summed E-state index contributed by atoms with van der Waals surface area (Å²) in [6.45, 7) is 0.993. The number of benzene rings is 2. The lowest BCUT2D eigenvalue weighted by Gasteiger charge is -2.30. The van der Waals surface area contributed by atoms with Gasteiger partial charge in [-0.05, 0) is 29.7 Å². The largest absolute Gasteiger partial charge is 0.468 e. The van der Waals surface area contributed by atoms with Crippen LogP contribution in [0.3, 0.4) is 0 Å². The van der Waals surface area contributed by atoms with Gasteiger partial charge in [-0.15, -0.1) is 0 Å². The fourth-order valence-electron chi connectivity index (χ4n) is 5.69. The number of hydrogen-bond donors (Lipinski definition) is 1. The Labute approximate surface area is 193 Å². The Morgan fingerprint density at radius 2 is 1.73 bits per heavy atom. The fraction of sp³-hybridized carbons (Fsp3) is 0.333. The van der Waals surface area contributed by atoms with Crippen LogP contribution in [0, 0.1) is 11.8 Å². The molecule has 0 radical (unpaired) electrons. The van der Waals surface area contributed by atoms with Crippen molar-refractivity contribution in [3.63, 3.8) is 0 Å². The summed E-state index contributed by atoms with van der Waals surface area (Å²) in [4.78, 5) is 28.4. The highest BCUT2D eigenvalue weighted by Gasteiger charge is 2.55. The van der Waals surface area contributed by atoms with Crippen molar-refractivity contribution in [3.05, 3.63) is 94.4 Å². The average molecular weight is 445 g/mol. The van der Waals surface area contributed by atoms with E-state index in [0.717, 1.165) is 17.7 Å². The summed E-state index contributed by atoms with van der Waals surface area (Å²) >= 11 is 0. The van der Waals surface area contributed by atoms with Crippen LogP contribution in [-0.4, -0.2) is 46.8 Å². The Kier molecular flexibility index (Phi) is 5.87. The van der Waals surface area contributed by atoms with Crippen molar-refractivity contribution in [1.82, 2.24) is 9.47 Å². The molecule has 2 aliphatic heterocycles. The number of fused-ring (bicyclic) bond motifs is 3. The van der Waals surface area contributed by atoms with Crippen LogP contribution >= 0.6 is 0 Å². The smallest absolute Gasteiger partial charge is 0.323 e. The first-order valence-electron chi connectivity index (χ1n) is 11.4. The van der Waals surface area contributed by atoms with Crippen LogP contribution in [0.4, 0.5) is 0 Å². The third-order valence-corrected chi connectivity index (χ3v) is 7.22. The van der Waals surface area contributed by atoms with Gasteiger partial charge in [0.15, 0.2) is 0 Å². The van der Waals surface area contributed by atoms with E-state index in [0.29, 0.717) is 18.7 Å². The molecule has 6 nitrogen and oxygen atoms in total. The predicted octanol–water partition coefficient (Wildman–Crippen LogP) is 2.89. The van der Waals surface area contributed by atoms with Crippen molar-refractivity contribution in [1.29, 1.82) is 0 Å². The third kappa shape index (κ3) is 3.69. The van der Waals surface area contributed by atoms with E-state index < -0.39 is 6.04 Å². The Bertz CT molecular complexity index is 1190. The SMILES string of the molecule is COC(=O)[C@@H]1[C@@H](CO)[C@@H]2Cn3c(ccc(-c4ccccc4)c3=O)[C@@H]2N1CCc1ccccc1. The number of aliphatic hydroxyl groups is 1. The van der Waals surface area contributed by atoms with E-state index in [1.165, 1.54) is 12.7 Å². The van der Waals surface area contributed by atoms with Crippen LogP contribution < -0.4 is 5.56 Å². The Morgan fingerprint density at radius 1 is 1.03 bits per heavy atom. The number of ether oxygens (including phenoxy) is 1. The summed E-state index contributed by atoms with van der Waals surface area (Å²) in [5.41, 5.74) is 3.62. The third-order valence-electron chi connectivity index (χ3n) is 7.22. The summed E-state index contributed by atoms with van der Waals surface area (Å²) in [7, 11) is 1.39. The van der Waals surface area contributed by atoms with Gasteiger partial charge < -0.3 is 14.4 Å². The Hall–Kier alpha value is -3.22. The first kappa shape index (κ1) is 21.6. The van der Waals surface area contributed by atoms with Gasteiger partial charge in [-0.2, -0.15) is 0 Å². The first-order valence-corrected chi connectivity index (χ1v) is 11.4. The molecule has 5 rings (SSSR count). The standard InChI is InChI=1S/C27H28N2O4/c1-33-27(32)25-22(17-30)21-16-29-23(13-12-20(26(29)31)19-10-6-3-7-11-19)24(21)28(25)15-14-18-8-4-2-5-9-18/h2-13,21-22,24-25,30H,14-17H2,1H3/t21-,22-,24+,25-/m0/s1. The molecule has 1 saturated heterocycles. The van der Waals surface area contributed by atoms with Crippen LogP contribution in [0.25, 0.3) is 11.1 Å². The van der Waals surface area contributed by atoms with E-state index in [1.807, 2.05) is 65.2 Å². The Balaban J connectivity index is 1.54. The normalized spacial score (nSPS) is 23.8. The zero-order valence-electron chi connectivity index (χ0n) is 18.6. The summed E-state index contributed by atoms with van der Waals surface area (Å²) in [5, 5.41) is 10.3. The number of pyridine rings is 1. The van der Waals surface area contributed by atoms with Crippen molar-refractivity contribution in [2.45, 2.75) is 25.0 Å². The van der Waals surface area contributed by atoms with Crippen LogP contribution in [0.5, 0.6) is 0 Å². The fourth-order valence-corrected chi connectivity index (χ4v) is 5.69. The molecule has 170 valence electrons. The van der Waals surface area contributed by atoms with E-state index in [1.54, 1.807) is 0 Å². The molecule has 1 aromatic heterocycles. The molecule has 2 aromatic carbocycles. The van der Waals surface area contributed by atoms with Gasteiger partial charge in [-0.3, -0.25) is 14.5 Å². The zero-order chi connectivity index (χ0) is 22.9. The maximum absolute atomic E-state index is 13.4. The summed E-state index contributed by atoms with van der Waals surface area (Å²) in [6, 6.07) is 23.1. The highest BCUT2D eigenvalue weighted by molar-refractivity contribution is 5.77. The molecule has 33 heavy (non-hydrogen) atoms. The van der Waals surface area contributed by atoms with E-state index in [-0.39, 0.29) is 36.0 Å². The first-order chi connectivity index (χ1) is 16.1. The number of carbonyl (C=O) groups excluding carboxylic acids is 1. The molecule has 0 bridgehead atoms. The molecule has 3 heterocycles. The van der Waals surface area contributed by atoms with Gasteiger partial charge in [0.05, 0.1) is 13.2 Å². The average Bonchev–Trinajstić information content (AvgIpc) is 3.38. The van der Waals surface area contributed by atoms with Gasteiger partial charge in [0.25, 0.3) is 5.56 Å². The highest BCUT2D eigenvalue weighted by Crippen LogP contribution is 2.49. The lowest BCUT2D eigenvalue weighted by molar-refractivity contribution is -0.148. The second-order valence-corrected chi connectivity index (χ2v) is 8.85. The van der Waals surface area contributed by atoms with E-state index >= 15 is 0 Å². The number of hydrogen-bond acceptors (Lipinski definition) is 5. The van der Waals surface area contributed by atoms with E-state index in [4.69, 9.17) is 4.74 Å². The minimum atomic E-state index is -0.531. The van der Waals surface area contributed by atoms with Crippen molar-refractivity contribution < 1.29 is 14.6 Å². The van der Waals surface area contributed by atoms with Gasteiger partial charge in [0.1, 0.15) is 6.04 Å². The van der Waals surface area contributed by atoms with Crippen LogP contribution in [-0.2, 0) is 22.5 Å². The Morgan fingerprint density at radius 3 is 2.39 bits per heavy atom. The molecule has 1 N–H and O–H groups in total. The monoisotopic (exact) mass is 444 g/mol. The number of carbonyl (C=O) groups is 1. The number of aliphatic hydroxyl groups excluding tert-OH is 1. The zero-order valence-corrected chi connectivity index (χ0v) is 18.6. The summed E-state index contributed by atoms with van der Waals surface area (Å²) < 4.78 is 6.98. The minimum absolute atomic E-state index is 0.0255. The summed E-state index contributed by atoms with van der Waals surface area (Å²) in [5.74, 6) is -0.655. The van der Waals surface area contributed by atoms with Gasteiger partial charge >= 0.3 is 5.97 Å². The number of likely N-dealkylation sites (tertiary alicyclic amines) is 1. The lowest BCUT2D eigenvalue weighted by Crippen LogP contribution is -2.44. The molecule has 2 aliphatic rings. The molecule has 0 aliphatic carbocycles. The minimum Gasteiger partial charge on any atom is -0.468 e. The van der Waals surface area contributed by atoms with Gasteiger partial charge in [-0.1, -0.05) is 60.7 Å².